The predicted molar refractivity (Wildman–Crippen MR) is 83.2 cm³/mol. The number of hydrogen-bond donors (Lipinski definition) is 0. The second kappa shape index (κ2) is 5.56. The quantitative estimate of drug-likeness (QED) is 0.637. The summed E-state index contributed by atoms with van der Waals surface area (Å²) < 4.78 is 16.2. The lowest BCUT2D eigenvalue weighted by atomic mass is 10.1. The van der Waals surface area contributed by atoms with Crippen LogP contribution in [0.4, 0.5) is 0 Å². The standard InChI is InChI=1S/C18H16O4/c1-11-4-7-16(20-3)15(8-11)17-10-13(18(19)22-17)9-14-6-5-12(2)21-14/h4-10H,1-3H3/b13-9+. The third-order valence-electron chi connectivity index (χ3n) is 3.40. The van der Waals surface area contributed by atoms with E-state index in [1.165, 1.54) is 0 Å². The molecule has 1 aliphatic heterocycles. The molecule has 0 amide bonds. The van der Waals surface area contributed by atoms with Crippen LogP contribution in [0.25, 0.3) is 11.8 Å². The number of methoxy groups -OCH3 is 1. The van der Waals surface area contributed by atoms with Crippen LogP contribution in [0.1, 0.15) is 22.6 Å². The van der Waals surface area contributed by atoms with E-state index in [0.717, 1.165) is 16.9 Å². The Morgan fingerprint density at radius 1 is 1.14 bits per heavy atom. The highest BCUT2D eigenvalue weighted by atomic mass is 16.5. The van der Waals surface area contributed by atoms with Crippen LogP contribution in [0.3, 0.4) is 0 Å². The lowest BCUT2D eigenvalue weighted by Crippen LogP contribution is -1.98. The maximum absolute atomic E-state index is 12.0. The molecule has 1 aliphatic rings. The molecule has 0 bridgehead atoms. The number of ether oxygens (including phenoxy) is 2. The maximum atomic E-state index is 12.0. The first kappa shape index (κ1) is 14.2. The Morgan fingerprint density at radius 3 is 2.64 bits per heavy atom. The van der Waals surface area contributed by atoms with Crippen LogP contribution >= 0.6 is 0 Å². The third kappa shape index (κ3) is 2.68. The number of aryl methyl sites for hydroxylation is 2. The molecule has 0 unspecified atom stereocenters. The zero-order valence-electron chi connectivity index (χ0n) is 12.7. The van der Waals surface area contributed by atoms with Crippen molar-refractivity contribution in [3.05, 3.63) is 64.6 Å². The Labute approximate surface area is 128 Å². The van der Waals surface area contributed by atoms with Gasteiger partial charge in [0.15, 0.2) is 0 Å². The van der Waals surface area contributed by atoms with E-state index in [-0.39, 0.29) is 0 Å². The van der Waals surface area contributed by atoms with Crippen molar-refractivity contribution in [3.63, 3.8) is 0 Å². The Balaban J connectivity index is 2.00. The molecule has 1 aromatic carbocycles. The first-order valence-electron chi connectivity index (χ1n) is 6.94. The van der Waals surface area contributed by atoms with Gasteiger partial charge in [-0.15, -0.1) is 0 Å². The van der Waals surface area contributed by atoms with E-state index in [4.69, 9.17) is 13.9 Å². The Bertz CT molecular complexity index is 793. The van der Waals surface area contributed by atoms with Gasteiger partial charge in [-0.3, -0.25) is 0 Å². The summed E-state index contributed by atoms with van der Waals surface area (Å²) in [5.41, 5.74) is 2.27. The molecule has 0 saturated carbocycles. The fraction of sp³-hybridized carbons (Fsp3) is 0.167. The molecule has 2 aromatic rings. The number of esters is 1. The molecule has 2 heterocycles. The van der Waals surface area contributed by atoms with Crippen molar-refractivity contribution < 1.29 is 18.7 Å². The summed E-state index contributed by atoms with van der Waals surface area (Å²) in [4.78, 5) is 12.0. The highest BCUT2D eigenvalue weighted by Crippen LogP contribution is 2.33. The topological polar surface area (TPSA) is 48.7 Å². The van der Waals surface area contributed by atoms with E-state index >= 15 is 0 Å². The number of carbonyl (C=O) groups is 1. The van der Waals surface area contributed by atoms with Gasteiger partial charge in [-0.05, 0) is 50.3 Å². The molecular weight excluding hydrogens is 280 g/mol. The van der Waals surface area contributed by atoms with Gasteiger partial charge in [0.25, 0.3) is 0 Å². The lowest BCUT2D eigenvalue weighted by Gasteiger charge is -2.09. The fourth-order valence-corrected chi connectivity index (χ4v) is 2.32. The Kier molecular flexibility index (Phi) is 3.59. The van der Waals surface area contributed by atoms with Crippen LogP contribution in [-0.2, 0) is 9.53 Å². The molecule has 0 atom stereocenters. The molecule has 0 saturated heterocycles. The first-order chi connectivity index (χ1) is 10.6. The van der Waals surface area contributed by atoms with E-state index in [2.05, 4.69) is 0 Å². The summed E-state index contributed by atoms with van der Waals surface area (Å²) in [6.45, 7) is 3.83. The summed E-state index contributed by atoms with van der Waals surface area (Å²) in [5.74, 6) is 2.17. The summed E-state index contributed by atoms with van der Waals surface area (Å²) in [5, 5.41) is 0. The molecular formula is C18H16O4. The smallest absolute Gasteiger partial charge is 0.343 e. The third-order valence-corrected chi connectivity index (χ3v) is 3.40. The van der Waals surface area contributed by atoms with Crippen LogP contribution < -0.4 is 4.74 Å². The summed E-state index contributed by atoms with van der Waals surface area (Å²) in [7, 11) is 1.59. The van der Waals surface area contributed by atoms with Gasteiger partial charge in [0, 0.05) is 0 Å². The minimum absolute atomic E-state index is 0.396. The van der Waals surface area contributed by atoms with Crippen LogP contribution in [0.15, 0.2) is 46.4 Å². The van der Waals surface area contributed by atoms with Gasteiger partial charge in [-0.1, -0.05) is 11.6 Å². The first-order valence-corrected chi connectivity index (χ1v) is 6.94. The van der Waals surface area contributed by atoms with Gasteiger partial charge in [0.2, 0.25) is 0 Å². The van der Waals surface area contributed by atoms with Crippen molar-refractivity contribution in [2.24, 2.45) is 0 Å². The van der Waals surface area contributed by atoms with E-state index in [0.29, 0.717) is 22.8 Å². The highest BCUT2D eigenvalue weighted by Gasteiger charge is 2.24. The molecule has 112 valence electrons. The van der Waals surface area contributed by atoms with Crippen molar-refractivity contribution in [2.75, 3.05) is 7.11 Å². The number of hydrogen-bond acceptors (Lipinski definition) is 4. The van der Waals surface area contributed by atoms with E-state index in [9.17, 15) is 4.79 Å². The molecule has 0 fully saturated rings. The zero-order chi connectivity index (χ0) is 15.7. The van der Waals surface area contributed by atoms with E-state index in [1.54, 1.807) is 19.3 Å². The minimum atomic E-state index is -0.396. The Hall–Kier alpha value is -2.75. The molecule has 3 rings (SSSR count). The molecule has 0 radical (unpaired) electrons. The van der Waals surface area contributed by atoms with Gasteiger partial charge in [0.05, 0.1) is 18.2 Å². The number of carbonyl (C=O) groups excluding carboxylic acids is 1. The van der Waals surface area contributed by atoms with E-state index in [1.807, 2.05) is 44.2 Å². The van der Waals surface area contributed by atoms with Crippen molar-refractivity contribution >= 4 is 17.8 Å². The second-order valence-electron chi connectivity index (χ2n) is 5.15. The van der Waals surface area contributed by atoms with Crippen molar-refractivity contribution in [1.29, 1.82) is 0 Å². The zero-order valence-corrected chi connectivity index (χ0v) is 12.7. The van der Waals surface area contributed by atoms with Gasteiger partial charge in [0.1, 0.15) is 23.0 Å². The van der Waals surface area contributed by atoms with Crippen molar-refractivity contribution in [3.8, 4) is 5.75 Å². The normalized spacial score (nSPS) is 15.9. The molecule has 4 nitrogen and oxygen atoms in total. The van der Waals surface area contributed by atoms with Crippen molar-refractivity contribution in [1.82, 2.24) is 0 Å². The lowest BCUT2D eigenvalue weighted by molar-refractivity contribution is -0.130. The van der Waals surface area contributed by atoms with Gasteiger partial charge in [-0.2, -0.15) is 0 Å². The summed E-state index contributed by atoms with van der Waals surface area (Å²) in [6, 6.07) is 9.40. The molecule has 22 heavy (non-hydrogen) atoms. The largest absolute Gasteiger partial charge is 0.496 e. The highest BCUT2D eigenvalue weighted by molar-refractivity contribution is 6.05. The van der Waals surface area contributed by atoms with Gasteiger partial charge in [-0.25, -0.2) is 4.79 Å². The fourth-order valence-electron chi connectivity index (χ4n) is 2.32. The molecule has 0 aliphatic carbocycles. The average Bonchev–Trinajstić information content (AvgIpc) is 3.06. The summed E-state index contributed by atoms with van der Waals surface area (Å²) >= 11 is 0. The van der Waals surface area contributed by atoms with E-state index < -0.39 is 5.97 Å². The van der Waals surface area contributed by atoms with Crippen molar-refractivity contribution in [2.45, 2.75) is 13.8 Å². The number of cyclic esters (lactones) is 1. The minimum Gasteiger partial charge on any atom is -0.496 e. The molecule has 0 spiro atoms. The van der Waals surface area contributed by atoms with Crippen LogP contribution in [0.2, 0.25) is 0 Å². The monoisotopic (exact) mass is 296 g/mol. The molecule has 0 N–H and O–H groups in total. The average molecular weight is 296 g/mol. The maximum Gasteiger partial charge on any atom is 0.343 e. The van der Waals surface area contributed by atoms with Gasteiger partial charge < -0.3 is 13.9 Å². The predicted octanol–water partition coefficient (Wildman–Crippen LogP) is 3.89. The number of rotatable bonds is 3. The van der Waals surface area contributed by atoms with Gasteiger partial charge >= 0.3 is 5.97 Å². The van der Waals surface area contributed by atoms with Crippen LogP contribution in [-0.4, -0.2) is 13.1 Å². The molecule has 4 heteroatoms. The number of furan rings is 1. The Morgan fingerprint density at radius 2 is 1.95 bits per heavy atom. The second-order valence-corrected chi connectivity index (χ2v) is 5.15. The SMILES string of the molecule is COc1ccc(C)cc1C1=C/C(=C\c2ccc(C)o2)C(=O)O1. The summed E-state index contributed by atoms with van der Waals surface area (Å²) in [6.07, 6.45) is 3.38. The number of benzene rings is 1. The van der Waals surface area contributed by atoms with Crippen LogP contribution in [0, 0.1) is 13.8 Å². The van der Waals surface area contributed by atoms with Crippen LogP contribution in [0.5, 0.6) is 5.75 Å². The molecule has 1 aromatic heterocycles.